The molecule has 2 heterocycles. The van der Waals surface area contributed by atoms with Gasteiger partial charge in [-0.25, -0.2) is 4.98 Å². The number of hydrogen-bond donors (Lipinski definition) is 1. The number of para-hydroxylation sites is 2. The maximum atomic E-state index is 11.8. The molecule has 2 aromatic heterocycles. The molecule has 0 saturated carbocycles. The Labute approximate surface area is 135 Å². The molecule has 0 aliphatic carbocycles. The highest BCUT2D eigenvalue weighted by atomic mass is 32.2. The molecular weight excluding hydrogens is 320 g/mol. The van der Waals surface area contributed by atoms with Gasteiger partial charge in [-0.1, -0.05) is 23.9 Å². The van der Waals surface area contributed by atoms with E-state index in [4.69, 9.17) is 9.47 Å². The highest BCUT2D eigenvalue weighted by molar-refractivity contribution is 7.99. The first-order chi connectivity index (χ1) is 10.8. The zero-order valence-corrected chi connectivity index (χ0v) is 13.5. The Balaban J connectivity index is 1.59. The summed E-state index contributed by atoms with van der Waals surface area (Å²) in [4.78, 5) is 19.8. The molecule has 0 aliphatic rings. The minimum Gasteiger partial charge on any atom is -0.493 e. The first-order valence-electron chi connectivity index (χ1n) is 6.64. The number of H-pyrrole nitrogens is 1. The van der Waals surface area contributed by atoms with Crippen molar-refractivity contribution in [3.05, 3.63) is 46.1 Å². The Morgan fingerprint density at radius 1 is 1.27 bits per heavy atom. The highest BCUT2D eigenvalue weighted by Gasteiger charge is 2.06. The average Bonchev–Trinajstić information content (AvgIpc) is 3.01. The summed E-state index contributed by atoms with van der Waals surface area (Å²) in [5.41, 5.74) is -0.0978. The highest BCUT2D eigenvalue weighted by Crippen LogP contribution is 2.26. The third-order valence-electron chi connectivity index (χ3n) is 2.96. The smallest absolute Gasteiger partial charge is 0.260 e. The predicted octanol–water partition coefficient (Wildman–Crippen LogP) is 3.16. The van der Waals surface area contributed by atoms with Crippen LogP contribution in [0.1, 0.15) is 0 Å². The van der Waals surface area contributed by atoms with E-state index in [0.717, 1.165) is 4.83 Å². The van der Waals surface area contributed by atoms with Gasteiger partial charge in [0.15, 0.2) is 16.7 Å². The van der Waals surface area contributed by atoms with Crippen molar-refractivity contribution >= 4 is 33.3 Å². The molecule has 0 spiro atoms. The monoisotopic (exact) mass is 334 g/mol. The van der Waals surface area contributed by atoms with Crippen molar-refractivity contribution in [1.82, 2.24) is 9.97 Å². The van der Waals surface area contributed by atoms with E-state index in [-0.39, 0.29) is 5.56 Å². The van der Waals surface area contributed by atoms with Crippen LogP contribution in [0, 0.1) is 0 Å². The quantitative estimate of drug-likeness (QED) is 0.426. The Hall–Kier alpha value is -1.99. The maximum absolute atomic E-state index is 11.8. The molecule has 0 fully saturated rings. The average molecular weight is 334 g/mol. The van der Waals surface area contributed by atoms with Crippen LogP contribution in [-0.4, -0.2) is 29.4 Å². The molecular formula is C15H14N2O3S2. The lowest BCUT2D eigenvalue weighted by Gasteiger charge is -2.09. The zero-order valence-electron chi connectivity index (χ0n) is 11.9. The molecule has 0 aliphatic heterocycles. The Kier molecular flexibility index (Phi) is 4.65. The summed E-state index contributed by atoms with van der Waals surface area (Å²) >= 11 is 2.92. The number of nitrogens with one attached hydrogen (secondary N) is 1. The fourth-order valence-corrected chi connectivity index (χ4v) is 3.44. The van der Waals surface area contributed by atoms with E-state index in [1.807, 2.05) is 29.6 Å². The number of benzene rings is 1. The van der Waals surface area contributed by atoms with Gasteiger partial charge in [-0.15, -0.1) is 11.3 Å². The number of thioether (sulfide) groups is 1. The third-order valence-corrected chi connectivity index (χ3v) is 4.61. The molecule has 0 saturated heterocycles. The number of fused-ring (bicyclic) bond motifs is 1. The van der Waals surface area contributed by atoms with Crippen LogP contribution < -0.4 is 15.0 Å². The van der Waals surface area contributed by atoms with E-state index in [2.05, 4.69) is 9.97 Å². The third kappa shape index (κ3) is 3.26. The van der Waals surface area contributed by atoms with Gasteiger partial charge in [-0.3, -0.25) is 4.79 Å². The maximum Gasteiger partial charge on any atom is 0.260 e. The number of ether oxygens (including phenoxy) is 2. The van der Waals surface area contributed by atoms with E-state index in [1.165, 1.54) is 23.1 Å². The molecule has 1 N–H and O–H groups in total. The van der Waals surface area contributed by atoms with Crippen molar-refractivity contribution in [3.8, 4) is 11.5 Å². The van der Waals surface area contributed by atoms with E-state index >= 15 is 0 Å². The van der Waals surface area contributed by atoms with E-state index in [0.29, 0.717) is 34.4 Å². The summed E-state index contributed by atoms with van der Waals surface area (Å²) in [5, 5.41) is 3.12. The normalized spacial score (nSPS) is 10.8. The van der Waals surface area contributed by atoms with Crippen LogP contribution in [0.4, 0.5) is 0 Å². The molecule has 3 aromatic rings. The number of rotatable bonds is 6. The summed E-state index contributed by atoms with van der Waals surface area (Å²) < 4.78 is 10.9. The van der Waals surface area contributed by atoms with Crippen molar-refractivity contribution in [2.45, 2.75) is 5.16 Å². The van der Waals surface area contributed by atoms with Crippen LogP contribution in [0.3, 0.4) is 0 Å². The second kappa shape index (κ2) is 6.85. The first-order valence-corrected chi connectivity index (χ1v) is 8.50. The molecule has 0 atom stereocenters. The van der Waals surface area contributed by atoms with Crippen LogP contribution in [0.5, 0.6) is 11.5 Å². The minimum absolute atomic E-state index is 0.0978. The summed E-state index contributed by atoms with van der Waals surface area (Å²) in [6, 6.07) is 9.29. The van der Waals surface area contributed by atoms with Crippen molar-refractivity contribution in [2.75, 3.05) is 19.5 Å². The molecule has 7 heteroatoms. The van der Waals surface area contributed by atoms with Gasteiger partial charge >= 0.3 is 0 Å². The van der Waals surface area contributed by atoms with Crippen molar-refractivity contribution in [2.24, 2.45) is 0 Å². The molecule has 0 unspecified atom stereocenters. The fourth-order valence-electron chi connectivity index (χ4n) is 1.94. The van der Waals surface area contributed by atoms with Gasteiger partial charge < -0.3 is 14.5 Å². The summed E-state index contributed by atoms with van der Waals surface area (Å²) in [6.07, 6.45) is 0. The second-order valence-electron chi connectivity index (χ2n) is 4.36. The zero-order chi connectivity index (χ0) is 15.4. The SMILES string of the molecule is COc1ccccc1OCCSc1nc2sccc2c(=O)[nH]1. The molecule has 0 radical (unpaired) electrons. The molecule has 22 heavy (non-hydrogen) atoms. The van der Waals surface area contributed by atoms with Gasteiger partial charge in [0.2, 0.25) is 0 Å². The molecule has 5 nitrogen and oxygen atoms in total. The van der Waals surface area contributed by atoms with Crippen LogP contribution in [0.25, 0.3) is 10.2 Å². The van der Waals surface area contributed by atoms with Gasteiger partial charge in [0, 0.05) is 5.75 Å². The Morgan fingerprint density at radius 2 is 2.09 bits per heavy atom. The predicted molar refractivity (Wildman–Crippen MR) is 89.5 cm³/mol. The summed E-state index contributed by atoms with van der Waals surface area (Å²) in [7, 11) is 1.61. The van der Waals surface area contributed by atoms with Gasteiger partial charge in [0.05, 0.1) is 19.1 Å². The minimum atomic E-state index is -0.0978. The van der Waals surface area contributed by atoms with E-state index < -0.39 is 0 Å². The van der Waals surface area contributed by atoms with Crippen LogP contribution in [-0.2, 0) is 0 Å². The lowest BCUT2D eigenvalue weighted by Crippen LogP contribution is -2.08. The molecule has 1 aromatic carbocycles. The number of aromatic amines is 1. The lowest BCUT2D eigenvalue weighted by atomic mass is 10.3. The van der Waals surface area contributed by atoms with Crippen LogP contribution in [0.15, 0.2) is 45.7 Å². The van der Waals surface area contributed by atoms with Crippen LogP contribution >= 0.6 is 23.1 Å². The number of methoxy groups -OCH3 is 1. The fraction of sp³-hybridized carbons (Fsp3) is 0.200. The molecule has 3 rings (SSSR count). The van der Waals surface area contributed by atoms with Crippen molar-refractivity contribution in [3.63, 3.8) is 0 Å². The first kappa shape index (κ1) is 14.9. The van der Waals surface area contributed by atoms with Gasteiger partial charge in [-0.2, -0.15) is 0 Å². The molecule has 114 valence electrons. The number of hydrogen-bond acceptors (Lipinski definition) is 6. The number of nitrogens with zero attached hydrogens (tertiary/aromatic N) is 1. The number of thiophene rings is 1. The summed E-state index contributed by atoms with van der Waals surface area (Å²) in [6.45, 7) is 0.497. The van der Waals surface area contributed by atoms with Gasteiger partial charge in [-0.05, 0) is 23.6 Å². The van der Waals surface area contributed by atoms with E-state index in [1.54, 1.807) is 13.2 Å². The summed E-state index contributed by atoms with van der Waals surface area (Å²) in [5.74, 6) is 2.09. The van der Waals surface area contributed by atoms with Crippen molar-refractivity contribution < 1.29 is 9.47 Å². The topological polar surface area (TPSA) is 64.2 Å². The molecule has 0 bridgehead atoms. The Bertz CT molecular complexity index is 829. The van der Waals surface area contributed by atoms with Crippen molar-refractivity contribution in [1.29, 1.82) is 0 Å². The lowest BCUT2D eigenvalue weighted by molar-refractivity contribution is 0.313. The van der Waals surface area contributed by atoms with E-state index in [9.17, 15) is 4.79 Å². The van der Waals surface area contributed by atoms with Gasteiger partial charge in [0.25, 0.3) is 5.56 Å². The standard InChI is InChI=1S/C15H14N2O3S2/c1-19-11-4-2-3-5-12(11)20-7-9-22-15-16-13(18)10-6-8-21-14(10)17-15/h2-6,8H,7,9H2,1H3,(H,16,17,18). The Morgan fingerprint density at radius 3 is 2.91 bits per heavy atom. The van der Waals surface area contributed by atoms with Gasteiger partial charge in [0.1, 0.15) is 4.83 Å². The molecule has 0 amide bonds. The number of aromatic nitrogens is 2. The largest absolute Gasteiger partial charge is 0.493 e. The second-order valence-corrected chi connectivity index (χ2v) is 6.34. The van der Waals surface area contributed by atoms with Crippen LogP contribution in [0.2, 0.25) is 0 Å².